The molecule has 3 N–H and O–H groups in total. The minimum atomic E-state index is -0.470. The lowest BCUT2D eigenvalue weighted by Crippen LogP contribution is -2.17. The predicted octanol–water partition coefficient (Wildman–Crippen LogP) is 9.89. The molecule has 0 bridgehead atoms. The first kappa shape index (κ1) is 36.4. The summed E-state index contributed by atoms with van der Waals surface area (Å²) in [6, 6.07) is 20.7. The molecule has 3 aromatic carbocycles. The zero-order valence-electron chi connectivity index (χ0n) is 24.2. The number of carbonyl (C=O) groups is 3. The molecule has 9 nitrogen and oxygen atoms in total. The number of amides is 3. The molecule has 0 aromatic heterocycles. The fraction of sp³-hybridized carbons (Fsp3) is 0.300. The van der Waals surface area contributed by atoms with E-state index >= 15 is 0 Å². The summed E-state index contributed by atoms with van der Waals surface area (Å²) in [5, 5.41) is 9.43. The van der Waals surface area contributed by atoms with Crippen molar-refractivity contribution < 1.29 is 28.6 Å². The van der Waals surface area contributed by atoms with E-state index in [1.165, 1.54) is 0 Å². The number of ether oxygens (including phenoxy) is 3. The molecular formula is C30H36Cl3N3O6. The van der Waals surface area contributed by atoms with Crippen molar-refractivity contribution in [2.24, 2.45) is 0 Å². The average Bonchev–Trinajstić information content (AvgIpc) is 2.83. The topological polar surface area (TPSA) is 115 Å². The van der Waals surface area contributed by atoms with E-state index in [9.17, 15) is 14.4 Å². The van der Waals surface area contributed by atoms with Gasteiger partial charge in [-0.05, 0) is 96.1 Å². The Bertz CT molecular complexity index is 1130. The third-order valence-electron chi connectivity index (χ3n) is 4.24. The summed E-state index contributed by atoms with van der Waals surface area (Å²) < 4.78 is 14.7. The van der Waals surface area contributed by atoms with Crippen molar-refractivity contribution in [2.45, 2.75) is 59.9 Å². The summed E-state index contributed by atoms with van der Waals surface area (Å²) in [6.07, 6.45) is -1.80. The Morgan fingerprint density at radius 1 is 0.500 bits per heavy atom. The SMILES string of the molecule is CC(C)OC(=O)Nc1cccc(Cl)c1.CC(C)OC(=O)Nc1cccc(Cl)c1.CC(C)OC(=O)Nc1cccc(Cl)c1. The maximum Gasteiger partial charge on any atom is 0.411 e. The van der Waals surface area contributed by atoms with Crippen LogP contribution >= 0.6 is 34.8 Å². The van der Waals surface area contributed by atoms with Crippen LogP contribution in [0.1, 0.15) is 41.5 Å². The van der Waals surface area contributed by atoms with Gasteiger partial charge in [0.1, 0.15) is 0 Å². The van der Waals surface area contributed by atoms with Crippen LogP contribution in [0.25, 0.3) is 0 Å². The Labute approximate surface area is 261 Å². The van der Waals surface area contributed by atoms with Gasteiger partial charge in [-0.1, -0.05) is 53.0 Å². The average molecular weight is 641 g/mol. The monoisotopic (exact) mass is 639 g/mol. The van der Waals surface area contributed by atoms with Crippen LogP contribution in [0, 0.1) is 0 Å². The maximum absolute atomic E-state index is 11.2. The molecule has 228 valence electrons. The number of carbonyl (C=O) groups excluding carboxylic acids is 3. The normalized spacial score (nSPS) is 10.0. The second-order valence-electron chi connectivity index (χ2n) is 9.27. The lowest BCUT2D eigenvalue weighted by atomic mass is 10.3. The molecule has 42 heavy (non-hydrogen) atoms. The van der Waals surface area contributed by atoms with Gasteiger partial charge in [0, 0.05) is 32.1 Å². The molecule has 3 aromatic rings. The first-order chi connectivity index (χ1) is 19.7. The Morgan fingerprint density at radius 3 is 0.929 bits per heavy atom. The minimum Gasteiger partial charge on any atom is -0.447 e. The van der Waals surface area contributed by atoms with E-state index in [4.69, 9.17) is 49.0 Å². The number of hydrogen-bond donors (Lipinski definition) is 3. The van der Waals surface area contributed by atoms with Crippen LogP contribution in [0.5, 0.6) is 0 Å². The zero-order chi connectivity index (χ0) is 31.7. The molecule has 0 aliphatic rings. The van der Waals surface area contributed by atoms with E-state index in [2.05, 4.69) is 16.0 Å². The Hall–Kier alpha value is -3.66. The molecule has 0 radical (unpaired) electrons. The largest absolute Gasteiger partial charge is 0.447 e. The number of rotatable bonds is 6. The summed E-state index contributed by atoms with van der Waals surface area (Å²) >= 11 is 17.2. The molecule has 0 saturated carbocycles. The van der Waals surface area contributed by atoms with Gasteiger partial charge in [-0.3, -0.25) is 16.0 Å². The van der Waals surface area contributed by atoms with E-state index in [0.717, 1.165) is 0 Å². The number of benzene rings is 3. The quantitative estimate of drug-likeness (QED) is 0.231. The van der Waals surface area contributed by atoms with Crippen molar-refractivity contribution in [3.05, 3.63) is 87.9 Å². The van der Waals surface area contributed by atoms with E-state index in [1.54, 1.807) is 114 Å². The summed E-state index contributed by atoms with van der Waals surface area (Å²) in [5.74, 6) is 0. The highest BCUT2D eigenvalue weighted by atomic mass is 35.5. The minimum absolute atomic E-state index is 0.130. The van der Waals surface area contributed by atoms with Crippen molar-refractivity contribution in [1.29, 1.82) is 0 Å². The van der Waals surface area contributed by atoms with Crippen molar-refractivity contribution in [3.63, 3.8) is 0 Å². The van der Waals surface area contributed by atoms with Crippen LogP contribution < -0.4 is 16.0 Å². The molecule has 0 aliphatic carbocycles. The summed E-state index contributed by atoms with van der Waals surface area (Å²) in [4.78, 5) is 33.5. The van der Waals surface area contributed by atoms with Crippen molar-refractivity contribution in [2.75, 3.05) is 16.0 Å². The van der Waals surface area contributed by atoms with E-state index in [1.807, 2.05) is 0 Å². The van der Waals surface area contributed by atoms with Gasteiger partial charge in [-0.15, -0.1) is 0 Å². The number of hydrogen-bond acceptors (Lipinski definition) is 6. The molecule has 0 saturated heterocycles. The van der Waals surface area contributed by atoms with Gasteiger partial charge < -0.3 is 14.2 Å². The van der Waals surface area contributed by atoms with Crippen molar-refractivity contribution >= 4 is 70.1 Å². The molecular weight excluding hydrogens is 605 g/mol. The van der Waals surface area contributed by atoms with Gasteiger partial charge in [-0.25, -0.2) is 14.4 Å². The van der Waals surface area contributed by atoms with Gasteiger partial charge >= 0.3 is 18.3 Å². The number of halogens is 3. The standard InChI is InChI=1S/3C10H12ClNO2/c3*1-7(2)14-10(13)12-9-5-3-4-8(11)6-9/h3*3-7H,1-2H3,(H,12,13). The molecule has 0 heterocycles. The Kier molecular flexibility index (Phi) is 16.8. The van der Waals surface area contributed by atoms with Gasteiger partial charge in [0.05, 0.1) is 18.3 Å². The summed E-state index contributed by atoms with van der Waals surface area (Å²) in [6.45, 7) is 10.7. The van der Waals surface area contributed by atoms with Gasteiger partial charge in [-0.2, -0.15) is 0 Å². The maximum atomic E-state index is 11.2. The van der Waals surface area contributed by atoms with Crippen LogP contribution in [0.4, 0.5) is 31.4 Å². The molecule has 0 atom stereocenters. The second kappa shape index (κ2) is 19.5. The smallest absolute Gasteiger partial charge is 0.411 e. The van der Waals surface area contributed by atoms with Crippen LogP contribution in [-0.2, 0) is 14.2 Å². The third kappa shape index (κ3) is 17.9. The van der Waals surface area contributed by atoms with E-state index in [0.29, 0.717) is 32.1 Å². The van der Waals surface area contributed by atoms with E-state index in [-0.39, 0.29) is 18.3 Å². The molecule has 0 unspecified atom stereocenters. The molecule has 0 fully saturated rings. The van der Waals surface area contributed by atoms with Gasteiger partial charge in [0.25, 0.3) is 0 Å². The predicted molar refractivity (Wildman–Crippen MR) is 170 cm³/mol. The van der Waals surface area contributed by atoms with Crippen LogP contribution in [0.2, 0.25) is 15.1 Å². The lowest BCUT2D eigenvalue weighted by Gasteiger charge is -2.09. The highest BCUT2D eigenvalue weighted by Gasteiger charge is 2.07. The molecule has 3 amide bonds. The number of anilines is 3. The Morgan fingerprint density at radius 2 is 0.738 bits per heavy atom. The van der Waals surface area contributed by atoms with Crippen LogP contribution in [0.15, 0.2) is 72.8 Å². The number of nitrogens with one attached hydrogen (secondary N) is 3. The highest BCUT2D eigenvalue weighted by Crippen LogP contribution is 2.17. The second-order valence-corrected chi connectivity index (χ2v) is 10.6. The van der Waals surface area contributed by atoms with Gasteiger partial charge in [0.15, 0.2) is 0 Å². The molecule has 3 rings (SSSR count). The van der Waals surface area contributed by atoms with Crippen LogP contribution in [0.3, 0.4) is 0 Å². The third-order valence-corrected chi connectivity index (χ3v) is 4.95. The van der Waals surface area contributed by atoms with Gasteiger partial charge in [0.2, 0.25) is 0 Å². The zero-order valence-corrected chi connectivity index (χ0v) is 26.5. The molecule has 12 heteroatoms. The fourth-order valence-electron chi connectivity index (χ4n) is 2.78. The highest BCUT2D eigenvalue weighted by molar-refractivity contribution is 6.31. The molecule has 0 aliphatic heterocycles. The lowest BCUT2D eigenvalue weighted by molar-refractivity contribution is 0.129. The van der Waals surface area contributed by atoms with Crippen LogP contribution in [-0.4, -0.2) is 36.6 Å². The van der Waals surface area contributed by atoms with E-state index < -0.39 is 18.3 Å². The molecule has 0 spiro atoms. The first-order valence-electron chi connectivity index (χ1n) is 12.9. The first-order valence-corrected chi connectivity index (χ1v) is 14.1. The summed E-state index contributed by atoms with van der Waals surface area (Å²) in [5.41, 5.74) is 1.88. The Balaban J connectivity index is 0.000000315. The summed E-state index contributed by atoms with van der Waals surface area (Å²) in [7, 11) is 0. The van der Waals surface area contributed by atoms with Crippen molar-refractivity contribution in [1.82, 2.24) is 0 Å². The van der Waals surface area contributed by atoms with Crippen molar-refractivity contribution in [3.8, 4) is 0 Å². The fourth-order valence-corrected chi connectivity index (χ4v) is 3.35.